The number of carbonyl (C=O) groups is 1. The molecule has 0 aliphatic carbocycles. The fraction of sp³-hybridized carbons (Fsp3) is 0.364. The van der Waals surface area contributed by atoms with Crippen LogP contribution < -0.4 is 11.1 Å². The highest BCUT2D eigenvalue weighted by Gasteiger charge is 2.20. The molecule has 0 bridgehead atoms. The van der Waals surface area contributed by atoms with Crippen molar-refractivity contribution in [2.75, 3.05) is 25.5 Å². The van der Waals surface area contributed by atoms with Crippen LogP contribution in [0.1, 0.15) is 15.2 Å². The van der Waals surface area contributed by atoms with Crippen LogP contribution in [0.4, 0.5) is 5.82 Å². The van der Waals surface area contributed by atoms with Crippen LogP contribution in [0.5, 0.6) is 0 Å². The minimum atomic E-state index is -0.388. The Bertz CT molecular complexity index is 629. The maximum Gasteiger partial charge on any atom is 0.348 e. The second-order valence-corrected chi connectivity index (χ2v) is 5.12. The molecule has 2 aromatic rings. The lowest BCUT2D eigenvalue weighted by Crippen LogP contribution is -2.14. The third-order valence-electron chi connectivity index (χ3n) is 2.57. The van der Waals surface area contributed by atoms with E-state index in [0.29, 0.717) is 28.6 Å². The van der Waals surface area contributed by atoms with Gasteiger partial charge < -0.3 is 15.8 Å². The zero-order chi connectivity index (χ0) is 14.0. The molecule has 0 saturated heterocycles. The van der Waals surface area contributed by atoms with E-state index in [4.69, 9.17) is 22.1 Å². The van der Waals surface area contributed by atoms with Gasteiger partial charge in [-0.05, 0) is 24.1 Å². The van der Waals surface area contributed by atoms with Gasteiger partial charge in [-0.3, -0.25) is 0 Å². The first-order valence-electron chi connectivity index (χ1n) is 5.57. The summed E-state index contributed by atoms with van der Waals surface area (Å²) in [5, 5.41) is 3.99. The summed E-state index contributed by atoms with van der Waals surface area (Å²) in [6.45, 7) is 2.86. The Morgan fingerprint density at radius 1 is 1.53 bits per heavy atom. The number of nitrogens with one attached hydrogen (secondary N) is 1. The predicted molar refractivity (Wildman–Crippen MR) is 76.0 cm³/mol. The molecule has 0 unspecified atom stereocenters. The lowest BCUT2D eigenvalue weighted by molar-refractivity contribution is 0.0605. The molecule has 6 nitrogen and oxygen atoms in total. The maximum absolute atomic E-state index is 11.7. The van der Waals surface area contributed by atoms with Crippen LogP contribution in [0.3, 0.4) is 0 Å². The van der Waals surface area contributed by atoms with Crippen molar-refractivity contribution in [1.29, 1.82) is 0 Å². The molecule has 19 heavy (non-hydrogen) atoms. The van der Waals surface area contributed by atoms with Crippen molar-refractivity contribution in [3.63, 3.8) is 0 Å². The number of hydrogen-bond acceptors (Lipinski definition) is 7. The molecule has 0 aromatic carbocycles. The van der Waals surface area contributed by atoms with Gasteiger partial charge in [0.1, 0.15) is 15.5 Å². The smallest absolute Gasteiger partial charge is 0.348 e. The van der Waals surface area contributed by atoms with E-state index in [0.717, 1.165) is 10.9 Å². The van der Waals surface area contributed by atoms with E-state index in [1.807, 2.05) is 6.92 Å². The van der Waals surface area contributed by atoms with Crippen molar-refractivity contribution >= 4 is 44.9 Å². The molecule has 102 valence electrons. The summed E-state index contributed by atoms with van der Waals surface area (Å²) in [7, 11) is 1.35. The second kappa shape index (κ2) is 5.68. The summed E-state index contributed by atoms with van der Waals surface area (Å²) in [4.78, 5) is 21.1. The average Bonchev–Trinajstić information content (AvgIpc) is 2.72. The molecule has 2 rings (SSSR count). The van der Waals surface area contributed by atoms with Gasteiger partial charge in [-0.15, -0.1) is 11.3 Å². The number of nitrogens with two attached hydrogens (primary N) is 1. The van der Waals surface area contributed by atoms with Crippen molar-refractivity contribution in [1.82, 2.24) is 9.97 Å². The Kier molecular flexibility index (Phi) is 4.18. The van der Waals surface area contributed by atoms with Crippen LogP contribution >= 0.6 is 22.9 Å². The number of anilines is 1. The van der Waals surface area contributed by atoms with Gasteiger partial charge in [0.2, 0.25) is 5.28 Å². The number of ether oxygens (including phenoxy) is 1. The van der Waals surface area contributed by atoms with Crippen LogP contribution in [-0.2, 0) is 4.74 Å². The van der Waals surface area contributed by atoms with Crippen LogP contribution in [0, 0.1) is 6.92 Å². The van der Waals surface area contributed by atoms with Gasteiger partial charge in [0.25, 0.3) is 0 Å². The number of thiophene rings is 1. The number of hydrogen-bond donors (Lipinski definition) is 2. The van der Waals surface area contributed by atoms with E-state index in [9.17, 15) is 4.79 Å². The number of halogens is 1. The van der Waals surface area contributed by atoms with Crippen molar-refractivity contribution in [3.8, 4) is 0 Å². The van der Waals surface area contributed by atoms with E-state index >= 15 is 0 Å². The topological polar surface area (TPSA) is 90.1 Å². The zero-order valence-electron chi connectivity index (χ0n) is 10.5. The first kappa shape index (κ1) is 14.0. The number of nitrogens with zero attached hydrogens (tertiary/aromatic N) is 2. The summed E-state index contributed by atoms with van der Waals surface area (Å²) in [5.74, 6) is 0.200. The minimum Gasteiger partial charge on any atom is -0.465 e. The number of fused-ring (bicyclic) bond motifs is 1. The standard InChI is InChI=1S/C11H13ClN4O2S/c1-5-6-8(14-4-3-13)15-11(12)16-9(6)19-7(5)10(17)18-2/h3-4,13H2,1-2H3,(H,14,15,16). The predicted octanol–water partition coefficient (Wildman–Crippen LogP) is 1.81. The van der Waals surface area contributed by atoms with Crippen molar-refractivity contribution in [2.24, 2.45) is 5.73 Å². The van der Waals surface area contributed by atoms with Crippen molar-refractivity contribution in [3.05, 3.63) is 15.7 Å². The SMILES string of the molecule is COC(=O)c1sc2nc(Cl)nc(NCCN)c2c1C. The first-order chi connectivity index (χ1) is 9.08. The molecule has 0 aliphatic heterocycles. The molecule has 0 spiro atoms. The molecule has 8 heteroatoms. The van der Waals surface area contributed by atoms with Crippen LogP contribution in [0.15, 0.2) is 0 Å². The third kappa shape index (κ3) is 2.63. The molecule has 0 radical (unpaired) electrons. The van der Waals surface area contributed by atoms with Crippen molar-refractivity contribution in [2.45, 2.75) is 6.92 Å². The lowest BCUT2D eigenvalue weighted by Gasteiger charge is -2.06. The molecule has 3 N–H and O–H groups in total. The number of methoxy groups -OCH3 is 1. The van der Waals surface area contributed by atoms with E-state index in [1.54, 1.807) is 0 Å². The second-order valence-electron chi connectivity index (χ2n) is 3.78. The Morgan fingerprint density at radius 2 is 2.26 bits per heavy atom. The molecule has 0 aliphatic rings. The first-order valence-corrected chi connectivity index (χ1v) is 6.76. The molecular formula is C11H13ClN4O2S. The van der Waals surface area contributed by atoms with Gasteiger partial charge >= 0.3 is 5.97 Å². The molecule has 2 aromatic heterocycles. The van der Waals surface area contributed by atoms with Gasteiger partial charge in [0, 0.05) is 13.1 Å². The highest BCUT2D eigenvalue weighted by molar-refractivity contribution is 7.20. The average molecular weight is 301 g/mol. The summed E-state index contributed by atoms with van der Waals surface area (Å²) in [6, 6.07) is 0. The van der Waals surface area contributed by atoms with Crippen molar-refractivity contribution < 1.29 is 9.53 Å². The Morgan fingerprint density at radius 3 is 2.89 bits per heavy atom. The highest BCUT2D eigenvalue weighted by atomic mass is 35.5. The molecular weight excluding hydrogens is 288 g/mol. The Labute approximate surface area is 118 Å². The van der Waals surface area contributed by atoms with E-state index < -0.39 is 0 Å². The van der Waals surface area contributed by atoms with Gasteiger partial charge in [0.15, 0.2) is 0 Å². The number of aromatic nitrogens is 2. The van der Waals surface area contributed by atoms with Gasteiger partial charge in [-0.2, -0.15) is 0 Å². The Hall–Kier alpha value is -1.44. The molecule has 0 saturated carbocycles. The van der Waals surface area contributed by atoms with E-state index in [2.05, 4.69) is 15.3 Å². The van der Waals surface area contributed by atoms with E-state index in [-0.39, 0.29) is 11.3 Å². The lowest BCUT2D eigenvalue weighted by atomic mass is 10.2. The van der Waals surface area contributed by atoms with Crippen LogP contribution in [0.2, 0.25) is 5.28 Å². The minimum absolute atomic E-state index is 0.129. The third-order valence-corrected chi connectivity index (χ3v) is 3.91. The van der Waals surface area contributed by atoms with Crippen LogP contribution in [-0.4, -0.2) is 36.1 Å². The van der Waals surface area contributed by atoms with Gasteiger partial charge in [-0.1, -0.05) is 0 Å². The van der Waals surface area contributed by atoms with Gasteiger partial charge in [-0.25, -0.2) is 14.8 Å². The summed E-state index contributed by atoms with van der Waals surface area (Å²) in [6.07, 6.45) is 0. The summed E-state index contributed by atoms with van der Waals surface area (Å²) >= 11 is 7.11. The fourth-order valence-electron chi connectivity index (χ4n) is 1.72. The zero-order valence-corrected chi connectivity index (χ0v) is 12.1. The fourth-order valence-corrected chi connectivity index (χ4v) is 3.04. The normalized spacial score (nSPS) is 10.7. The molecule has 0 amide bonds. The highest BCUT2D eigenvalue weighted by Crippen LogP contribution is 2.34. The number of esters is 1. The number of aryl methyl sites for hydroxylation is 1. The van der Waals surface area contributed by atoms with Gasteiger partial charge in [0.05, 0.1) is 12.5 Å². The summed E-state index contributed by atoms with van der Waals surface area (Å²) < 4.78 is 4.75. The van der Waals surface area contributed by atoms with Crippen LogP contribution in [0.25, 0.3) is 10.2 Å². The number of rotatable bonds is 4. The molecule has 0 atom stereocenters. The van der Waals surface area contributed by atoms with E-state index in [1.165, 1.54) is 18.4 Å². The molecule has 0 fully saturated rings. The quantitative estimate of drug-likeness (QED) is 0.661. The molecule has 2 heterocycles. The monoisotopic (exact) mass is 300 g/mol. The largest absolute Gasteiger partial charge is 0.465 e. The Balaban J connectivity index is 2.61. The maximum atomic E-state index is 11.7. The number of carbonyl (C=O) groups excluding carboxylic acids is 1. The summed E-state index contributed by atoms with van der Waals surface area (Å²) in [5.41, 5.74) is 6.24.